The Hall–Kier alpha value is -4.18. The highest BCUT2D eigenvalue weighted by Gasteiger charge is 2.17. The maximum atomic E-state index is 13.9. The van der Waals surface area contributed by atoms with Crippen molar-refractivity contribution in [2.24, 2.45) is 0 Å². The third-order valence-corrected chi connectivity index (χ3v) is 6.38. The van der Waals surface area contributed by atoms with Crippen molar-refractivity contribution < 1.29 is 17.5 Å². The number of hydrogen-bond acceptors (Lipinski definition) is 7. The van der Waals surface area contributed by atoms with Gasteiger partial charge in [-0.25, -0.2) is 22.8 Å². The van der Waals surface area contributed by atoms with E-state index < -0.39 is 15.8 Å². The molecule has 10 heteroatoms. The standard InChI is InChI=1S/C25H24FN5O3S/c1-16-4-6-18(7-5-16)29-24-15-25(28-17(2)27-24)30-19-8-10-20(11-9-19)31-35(32,33)21-12-13-23(34-3)22(26)14-21/h4-15,31H,1-3H3,(H2,27,28,29,30). The maximum Gasteiger partial charge on any atom is 0.262 e. The minimum atomic E-state index is -3.97. The number of sulfonamides is 1. The Morgan fingerprint density at radius 1 is 0.771 bits per heavy atom. The molecule has 8 nitrogen and oxygen atoms in total. The zero-order valence-corrected chi connectivity index (χ0v) is 20.2. The topological polar surface area (TPSA) is 105 Å². The molecule has 4 rings (SSSR count). The highest BCUT2D eigenvalue weighted by atomic mass is 32.2. The van der Waals surface area contributed by atoms with Crippen molar-refractivity contribution in [3.8, 4) is 5.75 Å². The van der Waals surface area contributed by atoms with Crippen molar-refractivity contribution in [3.05, 3.63) is 90.0 Å². The minimum absolute atomic E-state index is 0.0310. The average Bonchev–Trinajstić information content (AvgIpc) is 2.81. The van der Waals surface area contributed by atoms with Gasteiger partial charge in [-0.1, -0.05) is 17.7 Å². The first-order valence-corrected chi connectivity index (χ1v) is 12.1. The molecule has 0 saturated heterocycles. The summed E-state index contributed by atoms with van der Waals surface area (Å²) < 4.78 is 46.4. The number of ether oxygens (including phenoxy) is 1. The Morgan fingerprint density at radius 3 is 1.86 bits per heavy atom. The molecule has 1 heterocycles. The fourth-order valence-corrected chi connectivity index (χ4v) is 4.35. The Bertz CT molecular complexity index is 1440. The van der Waals surface area contributed by atoms with E-state index in [0.29, 0.717) is 28.8 Å². The van der Waals surface area contributed by atoms with Crippen molar-refractivity contribution in [2.45, 2.75) is 18.7 Å². The smallest absolute Gasteiger partial charge is 0.262 e. The van der Waals surface area contributed by atoms with Crippen LogP contribution in [0.3, 0.4) is 0 Å². The summed E-state index contributed by atoms with van der Waals surface area (Å²) in [5, 5.41) is 6.45. The van der Waals surface area contributed by atoms with Gasteiger partial charge in [0.1, 0.15) is 17.5 Å². The van der Waals surface area contributed by atoms with E-state index in [1.54, 1.807) is 37.3 Å². The summed E-state index contributed by atoms with van der Waals surface area (Å²) >= 11 is 0. The van der Waals surface area contributed by atoms with Crippen LogP contribution in [0.25, 0.3) is 0 Å². The molecule has 0 unspecified atom stereocenters. The van der Waals surface area contributed by atoms with Gasteiger partial charge in [-0.05, 0) is 68.4 Å². The monoisotopic (exact) mass is 493 g/mol. The number of nitrogens with one attached hydrogen (secondary N) is 3. The van der Waals surface area contributed by atoms with Crippen LogP contribution in [0, 0.1) is 19.7 Å². The molecule has 0 aliphatic heterocycles. The third-order valence-electron chi connectivity index (χ3n) is 5.01. The van der Waals surface area contributed by atoms with Crippen LogP contribution in [-0.2, 0) is 10.0 Å². The van der Waals surface area contributed by atoms with Gasteiger partial charge in [-0.15, -0.1) is 0 Å². The number of rotatable bonds is 8. The minimum Gasteiger partial charge on any atom is -0.494 e. The van der Waals surface area contributed by atoms with Crippen molar-refractivity contribution in [1.29, 1.82) is 0 Å². The number of methoxy groups -OCH3 is 1. The molecule has 0 spiro atoms. The van der Waals surface area contributed by atoms with E-state index in [0.717, 1.165) is 11.8 Å². The number of nitrogens with zero attached hydrogens (tertiary/aromatic N) is 2. The van der Waals surface area contributed by atoms with Crippen LogP contribution in [0.4, 0.5) is 33.1 Å². The molecule has 0 radical (unpaired) electrons. The molecule has 0 aliphatic carbocycles. The summed E-state index contributed by atoms with van der Waals surface area (Å²) in [6.07, 6.45) is 0. The fraction of sp³-hybridized carbons (Fsp3) is 0.120. The van der Waals surface area contributed by atoms with Crippen LogP contribution in [0.2, 0.25) is 0 Å². The molecule has 0 saturated carbocycles. The largest absolute Gasteiger partial charge is 0.494 e. The van der Waals surface area contributed by atoms with E-state index in [-0.39, 0.29) is 10.6 Å². The second-order valence-electron chi connectivity index (χ2n) is 7.78. The summed E-state index contributed by atoms with van der Waals surface area (Å²) in [6.45, 7) is 3.82. The highest BCUT2D eigenvalue weighted by molar-refractivity contribution is 7.92. The Labute approximate surface area is 203 Å². The molecule has 3 N–H and O–H groups in total. The molecule has 4 aromatic rings. The van der Waals surface area contributed by atoms with Gasteiger partial charge >= 0.3 is 0 Å². The second-order valence-corrected chi connectivity index (χ2v) is 9.46. The summed E-state index contributed by atoms with van der Waals surface area (Å²) in [6, 6.07) is 19.8. The Kier molecular flexibility index (Phi) is 6.83. The molecular formula is C25H24FN5O3S. The Balaban J connectivity index is 1.46. The molecular weight excluding hydrogens is 469 g/mol. The lowest BCUT2D eigenvalue weighted by atomic mass is 10.2. The molecule has 0 amide bonds. The predicted molar refractivity (Wildman–Crippen MR) is 135 cm³/mol. The van der Waals surface area contributed by atoms with Gasteiger partial charge in [0.15, 0.2) is 11.6 Å². The maximum absolute atomic E-state index is 13.9. The van der Waals surface area contributed by atoms with E-state index in [4.69, 9.17) is 4.74 Å². The van der Waals surface area contributed by atoms with Crippen LogP contribution >= 0.6 is 0 Å². The first kappa shape index (κ1) is 24.0. The summed E-state index contributed by atoms with van der Waals surface area (Å²) in [7, 11) is -2.66. The zero-order chi connectivity index (χ0) is 25.0. The lowest BCUT2D eigenvalue weighted by Crippen LogP contribution is -2.13. The first-order chi connectivity index (χ1) is 16.7. The van der Waals surface area contributed by atoms with Gasteiger partial charge in [0.05, 0.1) is 12.0 Å². The summed E-state index contributed by atoms with van der Waals surface area (Å²) in [4.78, 5) is 8.62. The number of halogens is 1. The van der Waals surface area contributed by atoms with Gasteiger partial charge in [-0.3, -0.25) is 4.72 Å². The van der Waals surface area contributed by atoms with Crippen molar-refractivity contribution in [2.75, 3.05) is 22.5 Å². The van der Waals surface area contributed by atoms with E-state index in [1.807, 2.05) is 31.2 Å². The molecule has 180 valence electrons. The number of hydrogen-bond donors (Lipinski definition) is 3. The first-order valence-electron chi connectivity index (χ1n) is 10.6. The number of aryl methyl sites for hydroxylation is 2. The molecule has 0 aliphatic rings. The fourth-order valence-electron chi connectivity index (χ4n) is 3.28. The van der Waals surface area contributed by atoms with E-state index >= 15 is 0 Å². The van der Waals surface area contributed by atoms with Crippen LogP contribution in [0.1, 0.15) is 11.4 Å². The number of benzene rings is 3. The van der Waals surface area contributed by atoms with Gasteiger partial charge in [0.25, 0.3) is 10.0 Å². The lowest BCUT2D eigenvalue weighted by Gasteiger charge is -2.12. The van der Waals surface area contributed by atoms with Crippen molar-refractivity contribution in [1.82, 2.24) is 9.97 Å². The van der Waals surface area contributed by atoms with Gasteiger partial charge in [0, 0.05) is 23.1 Å². The number of anilines is 5. The third kappa shape index (κ3) is 6.04. The van der Waals surface area contributed by atoms with Crippen molar-refractivity contribution in [3.63, 3.8) is 0 Å². The van der Waals surface area contributed by atoms with Crippen LogP contribution in [0.15, 0.2) is 77.7 Å². The molecule has 0 atom stereocenters. The highest BCUT2D eigenvalue weighted by Crippen LogP contribution is 2.25. The van der Waals surface area contributed by atoms with E-state index in [1.165, 1.54) is 24.8 Å². The molecule has 3 aromatic carbocycles. The number of aromatic nitrogens is 2. The van der Waals surface area contributed by atoms with Gasteiger partial charge < -0.3 is 15.4 Å². The van der Waals surface area contributed by atoms with E-state index in [9.17, 15) is 12.8 Å². The molecule has 0 fully saturated rings. The van der Waals surface area contributed by atoms with E-state index in [2.05, 4.69) is 25.3 Å². The molecule has 35 heavy (non-hydrogen) atoms. The average molecular weight is 494 g/mol. The van der Waals surface area contributed by atoms with Gasteiger partial charge in [0.2, 0.25) is 0 Å². The van der Waals surface area contributed by atoms with Crippen LogP contribution in [0.5, 0.6) is 5.75 Å². The van der Waals surface area contributed by atoms with Crippen LogP contribution in [-0.4, -0.2) is 25.5 Å². The SMILES string of the molecule is COc1ccc(S(=O)(=O)Nc2ccc(Nc3cc(Nc4ccc(C)cc4)nc(C)n3)cc2)cc1F. The summed E-state index contributed by atoms with van der Waals surface area (Å²) in [5.41, 5.74) is 3.10. The zero-order valence-electron chi connectivity index (χ0n) is 19.3. The van der Waals surface area contributed by atoms with Crippen molar-refractivity contribution >= 4 is 38.7 Å². The summed E-state index contributed by atoms with van der Waals surface area (Å²) in [5.74, 6) is 1.01. The second kappa shape index (κ2) is 9.98. The lowest BCUT2D eigenvalue weighted by molar-refractivity contribution is 0.385. The van der Waals surface area contributed by atoms with Gasteiger partial charge in [-0.2, -0.15) is 0 Å². The predicted octanol–water partition coefficient (Wildman–Crippen LogP) is 5.53. The Morgan fingerprint density at radius 2 is 1.31 bits per heavy atom. The quantitative estimate of drug-likeness (QED) is 0.296. The van der Waals surface area contributed by atoms with Crippen LogP contribution < -0.4 is 20.1 Å². The molecule has 0 bridgehead atoms. The molecule has 1 aromatic heterocycles. The normalized spacial score (nSPS) is 11.1.